The number of hydrogen-bond donors (Lipinski definition) is 1. The molecule has 1 aromatic heterocycles. The summed E-state index contributed by atoms with van der Waals surface area (Å²) >= 11 is 0. The lowest BCUT2D eigenvalue weighted by Crippen LogP contribution is -2.39. The van der Waals surface area contributed by atoms with Crippen molar-refractivity contribution in [1.82, 2.24) is 14.9 Å². The Hall–Kier alpha value is -1.36. The van der Waals surface area contributed by atoms with Crippen molar-refractivity contribution in [3.05, 3.63) is 18.7 Å². The van der Waals surface area contributed by atoms with E-state index in [0.717, 1.165) is 0 Å². The summed E-state index contributed by atoms with van der Waals surface area (Å²) in [6.07, 6.45) is 5.16. The summed E-state index contributed by atoms with van der Waals surface area (Å²) < 4.78 is 6.74. The second kappa shape index (κ2) is 5.39. The number of ether oxygens (including phenoxy) is 1. The molecule has 0 saturated heterocycles. The molecule has 1 atom stereocenters. The molecule has 1 unspecified atom stereocenters. The third-order valence-corrected chi connectivity index (χ3v) is 1.87. The number of likely N-dealkylation sites (N-methyl/N-ethyl adjacent to an activating group) is 1. The molecule has 14 heavy (non-hydrogen) atoms. The van der Waals surface area contributed by atoms with Crippen molar-refractivity contribution < 1.29 is 9.53 Å². The molecule has 0 saturated carbocycles. The van der Waals surface area contributed by atoms with Gasteiger partial charge in [-0.05, 0) is 14.0 Å². The van der Waals surface area contributed by atoms with Crippen molar-refractivity contribution in [2.24, 2.45) is 0 Å². The van der Waals surface area contributed by atoms with Crippen molar-refractivity contribution in [2.45, 2.75) is 19.5 Å². The van der Waals surface area contributed by atoms with E-state index < -0.39 is 0 Å². The van der Waals surface area contributed by atoms with Crippen LogP contribution in [0.4, 0.5) is 0 Å². The molecule has 5 heteroatoms. The molecule has 78 valence electrons. The van der Waals surface area contributed by atoms with E-state index in [1.807, 2.05) is 10.8 Å². The molecule has 0 amide bonds. The van der Waals surface area contributed by atoms with Gasteiger partial charge in [-0.3, -0.25) is 4.79 Å². The van der Waals surface area contributed by atoms with Crippen LogP contribution in [0.5, 0.6) is 0 Å². The van der Waals surface area contributed by atoms with Crippen LogP contribution < -0.4 is 5.32 Å². The standard InChI is InChI=1S/C9H15N3O2/c1-3-14-9(13)8(10-2)6-12-5-4-11-7-12/h4-5,7-8,10H,3,6H2,1-2H3. The highest BCUT2D eigenvalue weighted by Crippen LogP contribution is 1.95. The van der Waals surface area contributed by atoms with Crippen LogP contribution in [0.25, 0.3) is 0 Å². The smallest absolute Gasteiger partial charge is 0.324 e. The van der Waals surface area contributed by atoms with E-state index in [-0.39, 0.29) is 12.0 Å². The third kappa shape index (κ3) is 2.85. The Bertz CT molecular complexity index is 272. The van der Waals surface area contributed by atoms with Gasteiger partial charge in [-0.2, -0.15) is 0 Å². The lowest BCUT2D eigenvalue weighted by atomic mass is 10.3. The fourth-order valence-electron chi connectivity index (χ4n) is 1.13. The van der Waals surface area contributed by atoms with Crippen molar-refractivity contribution in [3.8, 4) is 0 Å². The van der Waals surface area contributed by atoms with Crippen LogP contribution in [-0.2, 0) is 16.1 Å². The molecule has 1 aromatic rings. The number of nitrogens with one attached hydrogen (secondary N) is 1. The van der Waals surface area contributed by atoms with Crippen molar-refractivity contribution >= 4 is 5.97 Å². The molecule has 5 nitrogen and oxygen atoms in total. The van der Waals surface area contributed by atoms with Gasteiger partial charge < -0.3 is 14.6 Å². The first-order valence-electron chi connectivity index (χ1n) is 4.57. The number of imidazole rings is 1. The third-order valence-electron chi connectivity index (χ3n) is 1.87. The minimum Gasteiger partial charge on any atom is -0.465 e. The average molecular weight is 197 g/mol. The summed E-state index contributed by atoms with van der Waals surface area (Å²) in [5.41, 5.74) is 0. The minimum atomic E-state index is -0.316. The highest BCUT2D eigenvalue weighted by atomic mass is 16.5. The molecule has 0 aliphatic heterocycles. The second-order valence-electron chi connectivity index (χ2n) is 2.85. The molecule has 1 rings (SSSR count). The zero-order chi connectivity index (χ0) is 10.4. The van der Waals surface area contributed by atoms with Gasteiger partial charge >= 0.3 is 5.97 Å². The summed E-state index contributed by atoms with van der Waals surface area (Å²) in [7, 11) is 1.73. The lowest BCUT2D eigenvalue weighted by Gasteiger charge is -2.14. The Balaban J connectivity index is 2.50. The summed E-state index contributed by atoms with van der Waals surface area (Å²) in [6, 6.07) is -0.316. The first kappa shape index (κ1) is 10.7. The van der Waals surface area contributed by atoms with E-state index in [9.17, 15) is 4.79 Å². The Labute approximate surface area is 83.1 Å². The van der Waals surface area contributed by atoms with E-state index >= 15 is 0 Å². The Morgan fingerprint density at radius 1 is 1.71 bits per heavy atom. The predicted molar refractivity (Wildman–Crippen MR) is 51.7 cm³/mol. The molecule has 0 spiro atoms. The van der Waals surface area contributed by atoms with Gasteiger partial charge in [0.25, 0.3) is 0 Å². The topological polar surface area (TPSA) is 56.2 Å². The summed E-state index contributed by atoms with van der Waals surface area (Å²) in [5.74, 6) is -0.233. The SMILES string of the molecule is CCOC(=O)C(Cn1ccnc1)NC. The zero-order valence-corrected chi connectivity index (χ0v) is 8.43. The average Bonchev–Trinajstić information content (AvgIpc) is 2.66. The normalized spacial score (nSPS) is 12.4. The van der Waals surface area contributed by atoms with Crippen molar-refractivity contribution in [3.63, 3.8) is 0 Å². The highest BCUT2D eigenvalue weighted by molar-refractivity contribution is 5.75. The highest BCUT2D eigenvalue weighted by Gasteiger charge is 2.17. The van der Waals surface area contributed by atoms with Gasteiger partial charge in [0.15, 0.2) is 0 Å². The van der Waals surface area contributed by atoms with Crippen LogP contribution in [0.1, 0.15) is 6.92 Å². The predicted octanol–water partition coefficient (Wildman–Crippen LogP) is 0.0342. The Kier molecular flexibility index (Phi) is 4.12. The monoisotopic (exact) mass is 197 g/mol. The van der Waals surface area contributed by atoms with Gasteiger partial charge in [0.1, 0.15) is 6.04 Å². The van der Waals surface area contributed by atoms with Gasteiger partial charge in [0.2, 0.25) is 0 Å². The van der Waals surface area contributed by atoms with E-state index in [1.165, 1.54) is 0 Å². The molecule has 0 aromatic carbocycles. The Morgan fingerprint density at radius 3 is 3.00 bits per heavy atom. The second-order valence-corrected chi connectivity index (χ2v) is 2.85. The molecule has 0 radical (unpaired) electrons. The molecule has 0 aliphatic carbocycles. The molecule has 0 bridgehead atoms. The number of carbonyl (C=O) groups is 1. The van der Waals surface area contributed by atoms with Crippen LogP contribution in [0.3, 0.4) is 0 Å². The number of nitrogens with zero attached hydrogens (tertiary/aromatic N) is 2. The maximum atomic E-state index is 11.4. The van der Waals surface area contributed by atoms with Gasteiger partial charge in [0.05, 0.1) is 12.9 Å². The maximum Gasteiger partial charge on any atom is 0.324 e. The molecule has 1 heterocycles. The fraction of sp³-hybridized carbons (Fsp3) is 0.556. The molecular formula is C9H15N3O2. The van der Waals surface area contributed by atoms with E-state index in [4.69, 9.17) is 4.74 Å². The van der Waals surface area contributed by atoms with Crippen LogP contribution >= 0.6 is 0 Å². The quantitative estimate of drug-likeness (QED) is 0.677. The fourth-order valence-corrected chi connectivity index (χ4v) is 1.13. The zero-order valence-electron chi connectivity index (χ0n) is 8.43. The Morgan fingerprint density at radius 2 is 2.50 bits per heavy atom. The summed E-state index contributed by atoms with van der Waals surface area (Å²) in [5, 5.41) is 2.90. The van der Waals surface area contributed by atoms with Crippen molar-refractivity contribution in [1.29, 1.82) is 0 Å². The van der Waals surface area contributed by atoms with Crippen LogP contribution in [0.2, 0.25) is 0 Å². The lowest BCUT2D eigenvalue weighted by molar-refractivity contribution is -0.145. The number of carbonyl (C=O) groups excluding carboxylic acids is 1. The number of hydrogen-bond acceptors (Lipinski definition) is 4. The summed E-state index contributed by atoms with van der Waals surface area (Å²) in [4.78, 5) is 15.3. The van der Waals surface area contributed by atoms with E-state index in [2.05, 4.69) is 10.3 Å². The molecule has 0 fully saturated rings. The molecular weight excluding hydrogens is 182 g/mol. The van der Waals surface area contributed by atoms with Gasteiger partial charge in [-0.25, -0.2) is 4.98 Å². The van der Waals surface area contributed by atoms with Gasteiger partial charge in [0, 0.05) is 18.9 Å². The largest absolute Gasteiger partial charge is 0.465 e. The summed E-state index contributed by atoms with van der Waals surface area (Å²) in [6.45, 7) is 2.73. The van der Waals surface area contributed by atoms with Crippen LogP contribution in [-0.4, -0.2) is 35.2 Å². The molecule has 0 aliphatic rings. The maximum absolute atomic E-state index is 11.4. The number of aromatic nitrogens is 2. The molecule has 1 N–H and O–H groups in total. The van der Waals surface area contributed by atoms with Gasteiger partial charge in [-0.15, -0.1) is 0 Å². The first-order valence-corrected chi connectivity index (χ1v) is 4.57. The van der Waals surface area contributed by atoms with Gasteiger partial charge in [-0.1, -0.05) is 0 Å². The first-order chi connectivity index (χ1) is 6.77. The van der Waals surface area contributed by atoms with E-state index in [0.29, 0.717) is 13.2 Å². The number of esters is 1. The van der Waals surface area contributed by atoms with Crippen molar-refractivity contribution in [2.75, 3.05) is 13.7 Å². The number of rotatable bonds is 5. The van der Waals surface area contributed by atoms with Crippen LogP contribution in [0.15, 0.2) is 18.7 Å². The van der Waals surface area contributed by atoms with Crippen LogP contribution in [0, 0.1) is 0 Å². The van der Waals surface area contributed by atoms with E-state index in [1.54, 1.807) is 26.5 Å². The minimum absolute atomic E-state index is 0.233.